The Morgan fingerprint density at radius 2 is 1.72 bits per heavy atom. The Labute approximate surface area is 150 Å². The maximum Gasteiger partial charge on any atom is 0.220 e. The fraction of sp³-hybridized carbons (Fsp3) is 0.381. The number of carbonyl (C=O) groups is 1. The molecular weight excluding hydrogens is 314 g/mol. The van der Waals surface area contributed by atoms with Gasteiger partial charge < -0.3 is 14.8 Å². The first-order chi connectivity index (χ1) is 12.1. The topological polar surface area (TPSA) is 47.6 Å². The van der Waals surface area contributed by atoms with Gasteiger partial charge in [-0.25, -0.2) is 0 Å². The molecule has 0 unspecified atom stereocenters. The number of amides is 1. The Balaban J connectivity index is 1.94. The van der Waals surface area contributed by atoms with Gasteiger partial charge in [0.1, 0.15) is 0 Å². The summed E-state index contributed by atoms with van der Waals surface area (Å²) in [6, 6.07) is 14.1. The lowest BCUT2D eigenvalue weighted by Gasteiger charge is -2.18. The van der Waals surface area contributed by atoms with Gasteiger partial charge in [0.05, 0.1) is 20.3 Å². The first kappa shape index (κ1) is 18.8. The highest BCUT2D eigenvalue weighted by molar-refractivity contribution is 5.76. The van der Waals surface area contributed by atoms with Crippen molar-refractivity contribution in [1.82, 2.24) is 5.32 Å². The first-order valence-corrected chi connectivity index (χ1v) is 8.64. The third kappa shape index (κ3) is 5.24. The summed E-state index contributed by atoms with van der Waals surface area (Å²) in [6.45, 7) is 4.14. The van der Waals surface area contributed by atoms with Gasteiger partial charge in [-0.3, -0.25) is 4.79 Å². The number of methoxy groups -OCH3 is 2. The minimum Gasteiger partial charge on any atom is -0.493 e. The number of carbonyl (C=O) groups excluding carboxylic acids is 1. The lowest BCUT2D eigenvalue weighted by molar-refractivity contribution is -0.121. The third-order valence-corrected chi connectivity index (χ3v) is 4.31. The van der Waals surface area contributed by atoms with E-state index in [4.69, 9.17) is 9.47 Å². The molecule has 0 aliphatic heterocycles. The van der Waals surface area contributed by atoms with Crippen LogP contribution in [0.5, 0.6) is 11.5 Å². The number of hydrogen-bond acceptors (Lipinski definition) is 3. The monoisotopic (exact) mass is 341 g/mol. The van der Waals surface area contributed by atoms with Crippen molar-refractivity contribution in [2.45, 2.75) is 39.2 Å². The van der Waals surface area contributed by atoms with Gasteiger partial charge in [-0.1, -0.05) is 42.8 Å². The summed E-state index contributed by atoms with van der Waals surface area (Å²) in [6.07, 6.45) is 1.97. The standard InChI is InChI=1S/C21H27NO3/c1-5-18(17-10-6-15(2)7-11-17)22-21(23)13-9-16-8-12-19(24-3)20(14-16)25-4/h6-8,10-12,14,18H,5,9,13H2,1-4H3,(H,22,23)/t18-/m1/s1. The van der Waals surface area contributed by atoms with Crippen LogP contribution < -0.4 is 14.8 Å². The highest BCUT2D eigenvalue weighted by Crippen LogP contribution is 2.28. The van der Waals surface area contributed by atoms with Gasteiger partial charge in [0, 0.05) is 6.42 Å². The molecule has 0 fully saturated rings. The highest BCUT2D eigenvalue weighted by Gasteiger charge is 2.13. The van der Waals surface area contributed by atoms with E-state index in [-0.39, 0.29) is 11.9 Å². The van der Waals surface area contributed by atoms with Gasteiger partial charge >= 0.3 is 0 Å². The summed E-state index contributed by atoms with van der Waals surface area (Å²) in [7, 11) is 3.22. The van der Waals surface area contributed by atoms with Crippen LogP contribution in [0.25, 0.3) is 0 Å². The molecule has 0 spiro atoms. The largest absolute Gasteiger partial charge is 0.493 e. The molecular formula is C21H27NO3. The molecule has 4 heteroatoms. The van der Waals surface area contributed by atoms with Crippen LogP contribution in [0.3, 0.4) is 0 Å². The molecule has 0 aliphatic rings. The molecule has 1 N–H and O–H groups in total. The van der Waals surface area contributed by atoms with E-state index in [0.717, 1.165) is 17.5 Å². The maximum atomic E-state index is 12.3. The minimum atomic E-state index is 0.0542. The van der Waals surface area contributed by atoms with Crippen LogP contribution in [0.15, 0.2) is 42.5 Å². The number of hydrogen-bond donors (Lipinski definition) is 1. The molecule has 2 rings (SSSR count). The van der Waals surface area contributed by atoms with E-state index in [9.17, 15) is 4.79 Å². The number of benzene rings is 2. The van der Waals surface area contributed by atoms with Crippen molar-refractivity contribution >= 4 is 5.91 Å². The summed E-state index contributed by atoms with van der Waals surface area (Å²) in [5.74, 6) is 1.44. The zero-order chi connectivity index (χ0) is 18.2. The van der Waals surface area contributed by atoms with Gasteiger partial charge in [-0.15, -0.1) is 0 Å². The van der Waals surface area contributed by atoms with Gasteiger partial charge in [0.15, 0.2) is 11.5 Å². The Morgan fingerprint density at radius 3 is 2.32 bits per heavy atom. The molecule has 134 valence electrons. The van der Waals surface area contributed by atoms with Gasteiger partial charge in [0.25, 0.3) is 0 Å². The minimum absolute atomic E-state index is 0.0542. The second-order valence-electron chi connectivity index (χ2n) is 6.13. The molecule has 4 nitrogen and oxygen atoms in total. The van der Waals surface area contributed by atoms with E-state index in [2.05, 4.69) is 43.4 Å². The van der Waals surface area contributed by atoms with Crippen LogP contribution >= 0.6 is 0 Å². The summed E-state index contributed by atoms with van der Waals surface area (Å²) in [5, 5.41) is 3.13. The molecule has 1 atom stereocenters. The molecule has 0 aromatic heterocycles. The third-order valence-electron chi connectivity index (χ3n) is 4.31. The van der Waals surface area contributed by atoms with Crippen LogP contribution in [0.2, 0.25) is 0 Å². The van der Waals surface area contributed by atoms with Crippen LogP contribution in [-0.4, -0.2) is 20.1 Å². The molecule has 0 heterocycles. The normalized spacial score (nSPS) is 11.7. The predicted octanol–water partition coefficient (Wildman–Crippen LogP) is 4.21. The Bertz CT molecular complexity index is 695. The molecule has 25 heavy (non-hydrogen) atoms. The summed E-state index contributed by atoms with van der Waals surface area (Å²) >= 11 is 0. The summed E-state index contributed by atoms with van der Waals surface area (Å²) < 4.78 is 10.5. The van der Waals surface area contributed by atoms with E-state index in [1.807, 2.05) is 18.2 Å². The molecule has 0 saturated heterocycles. The van der Waals surface area contributed by atoms with Crippen molar-refractivity contribution in [2.75, 3.05) is 14.2 Å². The molecule has 2 aromatic rings. The molecule has 2 aromatic carbocycles. The second-order valence-corrected chi connectivity index (χ2v) is 6.13. The number of rotatable bonds is 8. The fourth-order valence-corrected chi connectivity index (χ4v) is 2.78. The van der Waals surface area contributed by atoms with E-state index < -0.39 is 0 Å². The van der Waals surface area contributed by atoms with Crippen LogP contribution in [-0.2, 0) is 11.2 Å². The predicted molar refractivity (Wildman–Crippen MR) is 100 cm³/mol. The van der Waals surface area contributed by atoms with E-state index >= 15 is 0 Å². The zero-order valence-electron chi connectivity index (χ0n) is 15.5. The van der Waals surface area contributed by atoms with Crippen molar-refractivity contribution in [3.8, 4) is 11.5 Å². The van der Waals surface area contributed by atoms with Crippen LogP contribution in [0, 0.1) is 6.92 Å². The molecule has 0 saturated carbocycles. The second kappa shape index (κ2) is 9.11. The molecule has 0 aliphatic carbocycles. The lowest BCUT2D eigenvalue weighted by atomic mass is 10.0. The first-order valence-electron chi connectivity index (χ1n) is 8.64. The van der Waals surface area contributed by atoms with Crippen LogP contribution in [0.4, 0.5) is 0 Å². The average Bonchev–Trinajstić information content (AvgIpc) is 2.64. The van der Waals surface area contributed by atoms with Crippen LogP contribution in [0.1, 0.15) is 42.5 Å². The van der Waals surface area contributed by atoms with Crippen molar-refractivity contribution in [1.29, 1.82) is 0 Å². The summed E-state index contributed by atoms with van der Waals surface area (Å²) in [4.78, 5) is 12.3. The van der Waals surface area contributed by atoms with Gasteiger partial charge in [0.2, 0.25) is 5.91 Å². The van der Waals surface area contributed by atoms with E-state index in [1.54, 1.807) is 14.2 Å². The van der Waals surface area contributed by atoms with Gasteiger partial charge in [-0.05, 0) is 43.0 Å². The molecule has 0 radical (unpaired) electrons. The summed E-state index contributed by atoms with van der Waals surface area (Å²) in [5.41, 5.74) is 3.42. The Morgan fingerprint density at radius 1 is 1.04 bits per heavy atom. The van der Waals surface area contributed by atoms with Crippen molar-refractivity contribution < 1.29 is 14.3 Å². The number of nitrogens with one attached hydrogen (secondary N) is 1. The molecule has 0 bridgehead atoms. The average molecular weight is 341 g/mol. The quantitative estimate of drug-likeness (QED) is 0.782. The lowest BCUT2D eigenvalue weighted by Crippen LogP contribution is -2.28. The van der Waals surface area contributed by atoms with E-state index in [0.29, 0.717) is 24.3 Å². The number of aryl methyl sites for hydroxylation is 2. The zero-order valence-corrected chi connectivity index (χ0v) is 15.5. The smallest absolute Gasteiger partial charge is 0.220 e. The Hall–Kier alpha value is -2.49. The number of ether oxygens (including phenoxy) is 2. The molecule has 1 amide bonds. The maximum absolute atomic E-state index is 12.3. The Kier molecular flexibility index (Phi) is 6.87. The van der Waals surface area contributed by atoms with Crippen molar-refractivity contribution in [2.24, 2.45) is 0 Å². The SMILES string of the molecule is CC[C@@H](NC(=O)CCc1ccc(OC)c(OC)c1)c1ccc(C)cc1. The highest BCUT2D eigenvalue weighted by atomic mass is 16.5. The van der Waals surface area contributed by atoms with Gasteiger partial charge in [-0.2, -0.15) is 0 Å². The van der Waals surface area contributed by atoms with Crippen molar-refractivity contribution in [3.63, 3.8) is 0 Å². The van der Waals surface area contributed by atoms with Crippen molar-refractivity contribution in [3.05, 3.63) is 59.2 Å². The fourth-order valence-electron chi connectivity index (χ4n) is 2.78. The van der Waals surface area contributed by atoms with E-state index in [1.165, 1.54) is 5.56 Å².